The molecule has 130 valence electrons. The number of carbonyl (C=O) groups excluding carboxylic acids is 3. The number of hydrogen-bond donors (Lipinski definition) is 0. The van der Waals surface area contributed by atoms with Crippen LogP contribution in [-0.2, 0) is 14.3 Å². The van der Waals surface area contributed by atoms with Gasteiger partial charge in [0.25, 0.3) is 5.91 Å². The Bertz CT molecular complexity index is 851. The molecule has 1 heterocycles. The molecular formula is C18H17FN2O4. The number of alkyl halides is 1. The summed E-state index contributed by atoms with van der Waals surface area (Å²) in [6.45, 7) is 0. The molecule has 6 nitrogen and oxygen atoms in total. The van der Waals surface area contributed by atoms with Crippen molar-refractivity contribution in [2.75, 3.05) is 21.2 Å². The average molecular weight is 344 g/mol. The van der Waals surface area contributed by atoms with Gasteiger partial charge in [-0.3, -0.25) is 9.69 Å². The van der Waals surface area contributed by atoms with Gasteiger partial charge in [-0.05, 0) is 11.1 Å². The molecule has 25 heavy (non-hydrogen) atoms. The van der Waals surface area contributed by atoms with E-state index in [2.05, 4.69) is 0 Å². The predicted molar refractivity (Wildman–Crippen MR) is 85.6 cm³/mol. The fourth-order valence-corrected chi connectivity index (χ4v) is 4.55. The summed E-state index contributed by atoms with van der Waals surface area (Å²) >= 11 is 0. The van der Waals surface area contributed by atoms with E-state index in [4.69, 9.17) is 4.74 Å². The normalized spacial score (nSPS) is 33.0. The van der Waals surface area contributed by atoms with Gasteiger partial charge in [-0.1, -0.05) is 30.3 Å². The van der Waals surface area contributed by atoms with Crippen molar-refractivity contribution >= 4 is 17.9 Å². The second-order valence-electron chi connectivity index (χ2n) is 6.67. The highest BCUT2D eigenvalue weighted by Crippen LogP contribution is 2.58. The minimum Gasteiger partial charge on any atom is -0.466 e. The van der Waals surface area contributed by atoms with Crippen LogP contribution in [0.2, 0.25) is 0 Å². The van der Waals surface area contributed by atoms with Crippen LogP contribution in [0.1, 0.15) is 23.0 Å². The molecule has 1 aromatic rings. The highest BCUT2D eigenvalue weighted by atomic mass is 19.1. The lowest BCUT2D eigenvalue weighted by Gasteiger charge is -2.56. The van der Waals surface area contributed by atoms with Crippen LogP contribution in [0.15, 0.2) is 35.9 Å². The third kappa shape index (κ3) is 1.70. The van der Waals surface area contributed by atoms with Crippen molar-refractivity contribution in [2.24, 2.45) is 0 Å². The smallest absolute Gasteiger partial charge is 0.334 e. The third-order valence-corrected chi connectivity index (χ3v) is 5.59. The molecule has 0 N–H and O–H groups in total. The van der Waals surface area contributed by atoms with E-state index in [-0.39, 0.29) is 5.57 Å². The molecule has 0 saturated carbocycles. The summed E-state index contributed by atoms with van der Waals surface area (Å²) < 4.78 is 21.2. The van der Waals surface area contributed by atoms with E-state index >= 15 is 4.39 Å². The van der Waals surface area contributed by atoms with Gasteiger partial charge in [0.15, 0.2) is 0 Å². The molecule has 1 aromatic carbocycles. The van der Waals surface area contributed by atoms with Crippen LogP contribution in [0.3, 0.4) is 0 Å². The van der Waals surface area contributed by atoms with Gasteiger partial charge in [0.1, 0.15) is 0 Å². The molecule has 7 heteroatoms. The number of likely N-dealkylation sites (N-methyl/N-ethyl adjacent to an activating group) is 1. The first kappa shape index (κ1) is 15.8. The number of benzene rings is 1. The Morgan fingerprint density at radius 3 is 2.48 bits per heavy atom. The molecule has 4 atom stereocenters. The summed E-state index contributed by atoms with van der Waals surface area (Å²) in [5.74, 6) is -3.27. The van der Waals surface area contributed by atoms with Gasteiger partial charge in [-0.15, -0.1) is 0 Å². The molecule has 0 aromatic heterocycles. The van der Waals surface area contributed by atoms with Gasteiger partial charge in [-0.2, -0.15) is 0 Å². The first-order chi connectivity index (χ1) is 11.8. The number of halogens is 1. The fraction of sp³-hybridized carbons (Fsp3) is 0.389. The van der Waals surface area contributed by atoms with Gasteiger partial charge < -0.3 is 9.64 Å². The standard InChI is InChI=1S/C18H17FN2O4/c1-20-14-11-8-12(15(22)25-3)13(10-7-5-4-6-9(10)11)18(14,19)16(23)21(2)17(20)24/h4-8,11,13-14H,1-3H3/t11-,13-,14+,18+/m0/s1. The van der Waals surface area contributed by atoms with Crippen LogP contribution in [-0.4, -0.2) is 60.6 Å². The maximum atomic E-state index is 16.4. The summed E-state index contributed by atoms with van der Waals surface area (Å²) in [7, 11) is 3.97. The van der Waals surface area contributed by atoms with E-state index in [1.54, 1.807) is 18.2 Å². The summed E-state index contributed by atoms with van der Waals surface area (Å²) in [5.41, 5.74) is -0.849. The number of amides is 3. The Hall–Kier alpha value is -2.70. The number of nitrogens with zero attached hydrogens (tertiary/aromatic N) is 2. The number of ether oxygens (including phenoxy) is 1. The number of esters is 1. The highest BCUT2D eigenvalue weighted by molar-refractivity contribution is 6.06. The van der Waals surface area contributed by atoms with Crippen molar-refractivity contribution in [3.63, 3.8) is 0 Å². The zero-order valence-electron chi connectivity index (χ0n) is 14.0. The average Bonchev–Trinajstić information content (AvgIpc) is 2.63. The van der Waals surface area contributed by atoms with E-state index in [1.165, 1.54) is 26.1 Å². The second-order valence-corrected chi connectivity index (χ2v) is 6.67. The molecule has 2 bridgehead atoms. The molecule has 4 aliphatic rings. The number of hydrogen-bond acceptors (Lipinski definition) is 4. The Morgan fingerprint density at radius 2 is 1.84 bits per heavy atom. The van der Waals surface area contributed by atoms with Crippen molar-refractivity contribution in [1.29, 1.82) is 0 Å². The Labute approximate surface area is 143 Å². The van der Waals surface area contributed by atoms with Crippen LogP contribution in [0.4, 0.5) is 9.18 Å². The van der Waals surface area contributed by atoms with Gasteiger partial charge in [-0.25, -0.2) is 14.0 Å². The molecule has 3 amide bonds. The summed E-state index contributed by atoms with van der Waals surface area (Å²) in [4.78, 5) is 39.5. The van der Waals surface area contributed by atoms with E-state index in [1.807, 2.05) is 12.1 Å². The monoisotopic (exact) mass is 344 g/mol. The molecule has 0 radical (unpaired) electrons. The molecule has 0 unspecified atom stereocenters. The van der Waals surface area contributed by atoms with Crippen molar-refractivity contribution in [2.45, 2.75) is 23.5 Å². The number of carbonyl (C=O) groups is 3. The first-order valence-electron chi connectivity index (χ1n) is 7.96. The van der Waals surface area contributed by atoms with Crippen LogP contribution < -0.4 is 0 Å². The number of imide groups is 1. The van der Waals surface area contributed by atoms with Gasteiger partial charge in [0.2, 0.25) is 5.67 Å². The Balaban J connectivity index is 2.02. The van der Waals surface area contributed by atoms with Gasteiger partial charge in [0.05, 0.1) is 19.1 Å². The lowest BCUT2D eigenvalue weighted by molar-refractivity contribution is -0.154. The highest BCUT2D eigenvalue weighted by Gasteiger charge is 2.69. The van der Waals surface area contributed by atoms with Crippen LogP contribution >= 0.6 is 0 Å². The fourth-order valence-electron chi connectivity index (χ4n) is 4.55. The largest absolute Gasteiger partial charge is 0.466 e. The SMILES string of the molecule is COC(=O)C1=C[C@H]2c3ccccc3[C@@H]1[C@]1(F)C(=O)N(C)C(=O)N(C)[C@H]21. The van der Waals surface area contributed by atoms with Gasteiger partial charge in [0, 0.05) is 25.6 Å². The second kappa shape index (κ2) is 4.91. The zero-order chi connectivity index (χ0) is 18.1. The van der Waals surface area contributed by atoms with E-state index < -0.39 is 41.5 Å². The molecule has 1 aliphatic heterocycles. The number of urea groups is 1. The molecular weight excluding hydrogens is 327 g/mol. The third-order valence-electron chi connectivity index (χ3n) is 5.59. The summed E-state index contributed by atoms with van der Waals surface area (Å²) in [6, 6.07) is 5.60. The lowest BCUT2D eigenvalue weighted by Crippen LogP contribution is -2.73. The number of rotatable bonds is 1. The Morgan fingerprint density at radius 1 is 1.20 bits per heavy atom. The summed E-state index contributed by atoms with van der Waals surface area (Å²) in [6.07, 6.45) is 1.64. The molecule has 0 spiro atoms. The van der Waals surface area contributed by atoms with Crippen LogP contribution in [0, 0.1) is 0 Å². The predicted octanol–water partition coefficient (Wildman–Crippen LogP) is 1.58. The lowest BCUT2D eigenvalue weighted by atomic mass is 9.56. The van der Waals surface area contributed by atoms with Crippen LogP contribution in [0.25, 0.3) is 0 Å². The molecule has 1 fully saturated rings. The van der Waals surface area contributed by atoms with Crippen LogP contribution in [0.5, 0.6) is 0 Å². The zero-order valence-corrected chi connectivity index (χ0v) is 14.0. The molecule has 5 rings (SSSR count). The van der Waals surface area contributed by atoms with Crippen molar-refractivity contribution in [1.82, 2.24) is 9.80 Å². The topological polar surface area (TPSA) is 66.9 Å². The summed E-state index contributed by atoms with van der Waals surface area (Å²) in [5, 5.41) is 0. The maximum absolute atomic E-state index is 16.4. The number of methoxy groups -OCH3 is 1. The van der Waals surface area contributed by atoms with Gasteiger partial charge >= 0.3 is 12.0 Å². The molecule has 3 aliphatic carbocycles. The van der Waals surface area contributed by atoms with E-state index in [0.717, 1.165) is 10.5 Å². The quantitative estimate of drug-likeness (QED) is 0.726. The Kier molecular flexibility index (Phi) is 3.10. The minimum atomic E-state index is -2.41. The van der Waals surface area contributed by atoms with E-state index in [0.29, 0.717) is 5.56 Å². The minimum absolute atomic E-state index is 0.134. The van der Waals surface area contributed by atoms with Crippen molar-refractivity contribution in [3.8, 4) is 0 Å². The van der Waals surface area contributed by atoms with Crippen molar-refractivity contribution in [3.05, 3.63) is 47.0 Å². The molecule has 1 saturated heterocycles. The maximum Gasteiger partial charge on any atom is 0.334 e. The first-order valence-corrected chi connectivity index (χ1v) is 7.96. The van der Waals surface area contributed by atoms with Crippen molar-refractivity contribution < 1.29 is 23.5 Å². The van der Waals surface area contributed by atoms with E-state index in [9.17, 15) is 14.4 Å².